The Balaban J connectivity index is 1.80. The summed E-state index contributed by atoms with van der Waals surface area (Å²) in [6.45, 7) is 0. The van der Waals surface area contributed by atoms with Crippen LogP contribution < -0.4 is 5.32 Å². The van der Waals surface area contributed by atoms with E-state index in [2.05, 4.69) is 20.3 Å². The normalized spacial score (nSPS) is 23.4. The Morgan fingerprint density at radius 1 is 1.16 bits per heavy atom. The molecule has 0 aliphatic heterocycles. The fourth-order valence-corrected chi connectivity index (χ4v) is 2.67. The number of methoxy groups -OCH3 is 1. The summed E-state index contributed by atoms with van der Waals surface area (Å²) in [6, 6.07) is 4.24. The van der Waals surface area contributed by atoms with Crippen LogP contribution >= 0.6 is 0 Å². The predicted molar refractivity (Wildman–Crippen MR) is 74.0 cm³/mol. The van der Waals surface area contributed by atoms with Gasteiger partial charge in [0, 0.05) is 19.5 Å². The van der Waals surface area contributed by atoms with Gasteiger partial charge in [-0.2, -0.15) is 0 Å². The Morgan fingerprint density at radius 2 is 2.00 bits per heavy atom. The second-order valence-corrected chi connectivity index (χ2v) is 4.91. The molecule has 1 aliphatic rings. The maximum Gasteiger partial charge on any atom is 0.180 e. The molecule has 0 radical (unpaired) electrons. The van der Waals surface area contributed by atoms with Crippen molar-refractivity contribution in [2.24, 2.45) is 0 Å². The van der Waals surface area contributed by atoms with E-state index < -0.39 is 0 Å². The van der Waals surface area contributed by atoms with Gasteiger partial charge in [0.05, 0.1) is 12.1 Å². The largest absolute Gasteiger partial charge is 0.379 e. The van der Waals surface area contributed by atoms with Crippen LogP contribution in [0.2, 0.25) is 0 Å². The molecule has 2 aromatic rings. The van der Waals surface area contributed by atoms with Crippen LogP contribution in [0.3, 0.4) is 0 Å². The minimum Gasteiger partial charge on any atom is -0.379 e. The molecule has 0 bridgehead atoms. The van der Waals surface area contributed by atoms with Crippen molar-refractivity contribution in [1.82, 2.24) is 15.0 Å². The van der Waals surface area contributed by atoms with Gasteiger partial charge >= 0.3 is 0 Å². The highest BCUT2D eigenvalue weighted by molar-refractivity contribution is 5.71. The first kappa shape index (κ1) is 12.3. The molecular weight excluding hydrogens is 240 g/mol. The molecule has 2 heterocycles. The molecule has 0 spiro atoms. The number of aromatic nitrogens is 3. The molecule has 2 atom stereocenters. The standard InChI is InChI=1S/C14H18N4O/c1-19-12-5-3-2-4-10(12)17-13-7-6-11-14(18-13)16-9-8-15-11/h6-10,12H,2-5H2,1H3,(H,16,17,18)/t10-,12+/m1/s1. The van der Waals surface area contributed by atoms with Gasteiger partial charge in [-0.3, -0.25) is 4.98 Å². The van der Waals surface area contributed by atoms with Gasteiger partial charge in [0.25, 0.3) is 0 Å². The molecule has 5 nitrogen and oxygen atoms in total. The second-order valence-electron chi connectivity index (χ2n) is 4.91. The zero-order chi connectivity index (χ0) is 13.1. The maximum atomic E-state index is 5.55. The lowest BCUT2D eigenvalue weighted by atomic mass is 9.92. The molecule has 5 heteroatoms. The lowest BCUT2D eigenvalue weighted by Gasteiger charge is -2.31. The second kappa shape index (κ2) is 5.48. The number of nitrogens with one attached hydrogen (secondary N) is 1. The topological polar surface area (TPSA) is 59.9 Å². The molecule has 1 saturated carbocycles. The number of ether oxygens (including phenoxy) is 1. The first-order valence-corrected chi connectivity index (χ1v) is 6.74. The number of anilines is 1. The Bertz CT molecular complexity index is 560. The molecule has 1 aliphatic carbocycles. The fraction of sp³-hybridized carbons (Fsp3) is 0.500. The summed E-state index contributed by atoms with van der Waals surface area (Å²) in [5.74, 6) is 0.849. The Kier molecular flexibility index (Phi) is 3.55. The third kappa shape index (κ3) is 2.66. The van der Waals surface area contributed by atoms with Crippen LogP contribution in [0.4, 0.5) is 5.82 Å². The summed E-state index contributed by atoms with van der Waals surface area (Å²) >= 11 is 0. The predicted octanol–water partition coefficient (Wildman–Crippen LogP) is 2.39. The minimum absolute atomic E-state index is 0.271. The lowest BCUT2D eigenvalue weighted by molar-refractivity contribution is 0.0605. The Morgan fingerprint density at radius 3 is 2.89 bits per heavy atom. The summed E-state index contributed by atoms with van der Waals surface area (Å²) in [4.78, 5) is 12.9. The number of pyridine rings is 1. The van der Waals surface area contributed by atoms with Gasteiger partial charge in [-0.25, -0.2) is 9.97 Å². The smallest absolute Gasteiger partial charge is 0.180 e. The number of nitrogens with zero attached hydrogens (tertiary/aromatic N) is 3. The molecule has 0 amide bonds. The van der Waals surface area contributed by atoms with Crippen molar-refractivity contribution >= 4 is 17.0 Å². The van der Waals surface area contributed by atoms with Gasteiger partial charge in [-0.15, -0.1) is 0 Å². The molecule has 0 saturated heterocycles. The van der Waals surface area contributed by atoms with Gasteiger partial charge in [0.1, 0.15) is 11.3 Å². The van der Waals surface area contributed by atoms with Crippen molar-refractivity contribution in [3.8, 4) is 0 Å². The summed E-state index contributed by atoms with van der Waals surface area (Å²) in [7, 11) is 1.78. The maximum absolute atomic E-state index is 5.55. The van der Waals surface area contributed by atoms with Crippen molar-refractivity contribution in [3.05, 3.63) is 24.5 Å². The number of rotatable bonds is 3. The SMILES string of the molecule is CO[C@H]1CCCC[C@H]1Nc1ccc2nccnc2n1. The summed E-state index contributed by atoms with van der Waals surface area (Å²) in [5, 5.41) is 3.47. The van der Waals surface area contributed by atoms with Crippen LogP contribution in [0.5, 0.6) is 0 Å². The van der Waals surface area contributed by atoms with Crippen molar-refractivity contribution in [3.63, 3.8) is 0 Å². The van der Waals surface area contributed by atoms with Crippen molar-refractivity contribution < 1.29 is 4.74 Å². The van der Waals surface area contributed by atoms with Gasteiger partial charge in [-0.05, 0) is 25.0 Å². The van der Waals surface area contributed by atoms with Crippen LogP contribution in [0.1, 0.15) is 25.7 Å². The van der Waals surface area contributed by atoms with Gasteiger partial charge in [0.15, 0.2) is 5.65 Å². The number of hydrogen-bond donors (Lipinski definition) is 1. The van der Waals surface area contributed by atoms with E-state index in [1.807, 2.05) is 12.1 Å². The van der Waals surface area contributed by atoms with Crippen LogP contribution in [0.15, 0.2) is 24.5 Å². The third-order valence-electron chi connectivity index (χ3n) is 3.67. The van der Waals surface area contributed by atoms with Crippen LogP contribution in [-0.4, -0.2) is 34.2 Å². The van der Waals surface area contributed by atoms with Gasteiger partial charge in [-0.1, -0.05) is 12.8 Å². The summed E-state index contributed by atoms with van der Waals surface area (Å²) < 4.78 is 5.55. The van der Waals surface area contributed by atoms with E-state index in [-0.39, 0.29) is 6.10 Å². The molecule has 0 unspecified atom stereocenters. The van der Waals surface area contributed by atoms with Gasteiger partial charge < -0.3 is 10.1 Å². The lowest BCUT2D eigenvalue weighted by Crippen LogP contribution is -2.38. The highest BCUT2D eigenvalue weighted by atomic mass is 16.5. The molecule has 19 heavy (non-hydrogen) atoms. The summed E-state index contributed by atoms with van der Waals surface area (Å²) in [5.41, 5.74) is 1.50. The Labute approximate surface area is 112 Å². The van der Waals surface area contributed by atoms with Crippen LogP contribution in [0.25, 0.3) is 11.2 Å². The molecule has 2 aromatic heterocycles. The van der Waals surface area contributed by atoms with E-state index in [0.717, 1.165) is 24.2 Å². The van der Waals surface area contributed by atoms with Crippen molar-refractivity contribution in [2.45, 2.75) is 37.8 Å². The quantitative estimate of drug-likeness (QED) is 0.916. The van der Waals surface area contributed by atoms with E-state index in [0.29, 0.717) is 11.7 Å². The van der Waals surface area contributed by atoms with Crippen molar-refractivity contribution in [2.75, 3.05) is 12.4 Å². The monoisotopic (exact) mass is 258 g/mol. The average Bonchev–Trinajstić information content (AvgIpc) is 2.48. The van der Waals surface area contributed by atoms with Gasteiger partial charge in [0.2, 0.25) is 0 Å². The van der Waals surface area contributed by atoms with Crippen molar-refractivity contribution in [1.29, 1.82) is 0 Å². The molecule has 100 valence electrons. The Hall–Kier alpha value is -1.75. The van der Waals surface area contributed by atoms with Crippen LogP contribution in [-0.2, 0) is 4.74 Å². The average molecular weight is 258 g/mol. The zero-order valence-corrected chi connectivity index (χ0v) is 11.0. The molecule has 1 fully saturated rings. The van der Waals surface area contributed by atoms with Crippen LogP contribution in [0, 0.1) is 0 Å². The van der Waals surface area contributed by atoms with E-state index >= 15 is 0 Å². The zero-order valence-electron chi connectivity index (χ0n) is 11.0. The van der Waals surface area contributed by atoms with E-state index in [9.17, 15) is 0 Å². The van der Waals surface area contributed by atoms with E-state index in [4.69, 9.17) is 4.74 Å². The molecule has 1 N–H and O–H groups in total. The minimum atomic E-state index is 0.271. The highest BCUT2D eigenvalue weighted by Crippen LogP contribution is 2.24. The summed E-state index contributed by atoms with van der Waals surface area (Å²) in [6.07, 6.45) is 8.34. The first-order valence-electron chi connectivity index (χ1n) is 6.74. The third-order valence-corrected chi connectivity index (χ3v) is 3.67. The number of fused-ring (bicyclic) bond motifs is 1. The fourth-order valence-electron chi connectivity index (χ4n) is 2.67. The first-order chi connectivity index (χ1) is 9.36. The molecule has 3 rings (SSSR count). The molecular formula is C14H18N4O. The van der Waals surface area contributed by atoms with E-state index in [1.54, 1.807) is 19.5 Å². The van der Waals surface area contributed by atoms with E-state index in [1.165, 1.54) is 12.8 Å². The number of hydrogen-bond acceptors (Lipinski definition) is 5. The highest BCUT2D eigenvalue weighted by Gasteiger charge is 2.24. The molecule has 0 aromatic carbocycles.